The standard InChI is InChI=1S/C23H32F3N3O2/c1-16-15-31-12-7-21(16)27-19-6-5-17(13-19)22(30)29-10-8-28(9-11-29)20-4-2-3-18(14-20)23(24,25)26/h2-4,14,16-17,19,21,27H,5-13,15H2,1H3/t16?,17-,19+,21?/m0/s1. The summed E-state index contributed by atoms with van der Waals surface area (Å²) in [5.41, 5.74) is -0.0653. The van der Waals surface area contributed by atoms with Crippen molar-refractivity contribution in [2.24, 2.45) is 11.8 Å². The Kier molecular flexibility index (Phi) is 6.77. The van der Waals surface area contributed by atoms with Gasteiger partial charge in [0, 0.05) is 56.5 Å². The van der Waals surface area contributed by atoms with Crippen LogP contribution in [0, 0.1) is 11.8 Å². The van der Waals surface area contributed by atoms with Gasteiger partial charge in [-0.1, -0.05) is 13.0 Å². The molecule has 0 spiro atoms. The third-order valence-corrected chi connectivity index (χ3v) is 7.00. The van der Waals surface area contributed by atoms with Gasteiger partial charge >= 0.3 is 6.18 Å². The molecule has 1 aromatic carbocycles. The van der Waals surface area contributed by atoms with Crippen molar-refractivity contribution in [1.82, 2.24) is 10.2 Å². The summed E-state index contributed by atoms with van der Waals surface area (Å²) in [5.74, 6) is 0.744. The number of carbonyl (C=O) groups is 1. The predicted molar refractivity (Wildman–Crippen MR) is 113 cm³/mol. The van der Waals surface area contributed by atoms with Crippen LogP contribution in [-0.4, -0.2) is 62.3 Å². The number of hydrogen-bond donors (Lipinski definition) is 1. The van der Waals surface area contributed by atoms with Crippen LogP contribution in [0.1, 0.15) is 38.2 Å². The van der Waals surface area contributed by atoms with Gasteiger partial charge in [-0.15, -0.1) is 0 Å². The van der Waals surface area contributed by atoms with Gasteiger partial charge in [0.05, 0.1) is 12.2 Å². The van der Waals surface area contributed by atoms with Crippen LogP contribution >= 0.6 is 0 Å². The first-order chi connectivity index (χ1) is 14.8. The Bertz CT molecular complexity index is 765. The van der Waals surface area contributed by atoms with Gasteiger partial charge in [-0.2, -0.15) is 13.2 Å². The van der Waals surface area contributed by atoms with E-state index in [0.717, 1.165) is 45.0 Å². The summed E-state index contributed by atoms with van der Waals surface area (Å²) in [6.45, 7) is 6.03. The van der Waals surface area contributed by atoms with E-state index in [1.807, 2.05) is 9.80 Å². The molecule has 1 amide bonds. The van der Waals surface area contributed by atoms with E-state index < -0.39 is 11.7 Å². The molecule has 0 bridgehead atoms. The van der Waals surface area contributed by atoms with E-state index in [4.69, 9.17) is 4.74 Å². The lowest BCUT2D eigenvalue weighted by Crippen LogP contribution is -2.50. The number of carbonyl (C=O) groups excluding carboxylic acids is 1. The van der Waals surface area contributed by atoms with Crippen LogP contribution in [0.15, 0.2) is 24.3 Å². The number of halogens is 3. The molecule has 2 unspecified atom stereocenters. The smallest absolute Gasteiger partial charge is 0.381 e. The number of anilines is 1. The minimum absolute atomic E-state index is 0.0488. The van der Waals surface area contributed by atoms with Gasteiger partial charge in [0.25, 0.3) is 0 Å². The first-order valence-corrected chi connectivity index (χ1v) is 11.4. The number of hydrogen-bond acceptors (Lipinski definition) is 4. The Hall–Kier alpha value is -1.80. The van der Waals surface area contributed by atoms with E-state index in [1.54, 1.807) is 6.07 Å². The lowest BCUT2D eigenvalue weighted by molar-refractivity contribution is -0.137. The quantitative estimate of drug-likeness (QED) is 0.780. The van der Waals surface area contributed by atoms with Gasteiger partial charge in [-0.05, 0) is 49.8 Å². The Labute approximate surface area is 181 Å². The minimum Gasteiger partial charge on any atom is -0.381 e. The monoisotopic (exact) mass is 439 g/mol. The molecule has 2 heterocycles. The lowest BCUT2D eigenvalue weighted by Gasteiger charge is -2.37. The molecule has 1 aromatic rings. The summed E-state index contributed by atoms with van der Waals surface area (Å²) in [4.78, 5) is 16.9. The molecule has 31 heavy (non-hydrogen) atoms. The van der Waals surface area contributed by atoms with Crippen LogP contribution in [0.4, 0.5) is 18.9 Å². The Morgan fingerprint density at radius 2 is 1.90 bits per heavy atom. The van der Waals surface area contributed by atoms with E-state index in [0.29, 0.717) is 49.9 Å². The summed E-state index contributed by atoms with van der Waals surface area (Å²) in [7, 11) is 0. The molecule has 4 rings (SSSR count). The average Bonchev–Trinajstić information content (AvgIpc) is 3.23. The molecule has 8 heteroatoms. The molecule has 5 nitrogen and oxygen atoms in total. The summed E-state index contributed by atoms with van der Waals surface area (Å²) >= 11 is 0. The second-order valence-corrected chi connectivity index (χ2v) is 9.18. The molecule has 2 aliphatic heterocycles. The van der Waals surface area contributed by atoms with E-state index in [2.05, 4.69) is 12.2 Å². The molecule has 1 N–H and O–H groups in total. The maximum absolute atomic E-state index is 13.0. The van der Waals surface area contributed by atoms with Crippen molar-refractivity contribution in [3.63, 3.8) is 0 Å². The van der Waals surface area contributed by atoms with Crippen molar-refractivity contribution in [2.45, 2.75) is 50.9 Å². The van der Waals surface area contributed by atoms with Gasteiger partial charge < -0.3 is 19.9 Å². The number of alkyl halides is 3. The molecule has 0 aromatic heterocycles. The minimum atomic E-state index is -4.34. The maximum Gasteiger partial charge on any atom is 0.416 e. The van der Waals surface area contributed by atoms with Crippen LogP contribution < -0.4 is 10.2 Å². The Morgan fingerprint density at radius 1 is 1.13 bits per heavy atom. The second kappa shape index (κ2) is 9.36. The number of piperazine rings is 1. The van der Waals surface area contributed by atoms with Crippen molar-refractivity contribution in [3.05, 3.63) is 29.8 Å². The fourth-order valence-corrected chi connectivity index (χ4v) is 5.11. The van der Waals surface area contributed by atoms with Crippen LogP contribution in [0.5, 0.6) is 0 Å². The topological polar surface area (TPSA) is 44.8 Å². The Balaban J connectivity index is 1.27. The highest BCUT2D eigenvalue weighted by Crippen LogP contribution is 2.33. The molecular weight excluding hydrogens is 407 g/mol. The zero-order chi connectivity index (χ0) is 22.0. The fourth-order valence-electron chi connectivity index (χ4n) is 5.11. The normalized spacial score (nSPS) is 29.9. The van der Waals surface area contributed by atoms with Crippen molar-refractivity contribution >= 4 is 11.6 Å². The summed E-state index contributed by atoms with van der Waals surface area (Å²) in [6, 6.07) is 6.28. The SMILES string of the molecule is CC1COCCC1N[C@@H]1CC[C@H](C(=O)N2CCN(c3cccc(C(F)(F)F)c3)CC2)C1. The zero-order valence-electron chi connectivity index (χ0n) is 18.0. The molecule has 0 radical (unpaired) electrons. The van der Waals surface area contributed by atoms with Gasteiger partial charge in [0.15, 0.2) is 0 Å². The highest BCUT2D eigenvalue weighted by Gasteiger charge is 2.36. The van der Waals surface area contributed by atoms with Gasteiger partial charge in [0.2, 0.25) is 5.91 Å². The first-order valence-electron chi connectivity index (χ1n) is 11.4. The highest BCUT2D eigenvalue weighted by molar-refractivity contribution is 5.79. The van der Waals surface area contributed by atoms with Crippen LogP contribution in [0.2, 0.25) is 0 Å². The van der Waals surface area contributed by atoms with E-state index in [-0.39, 0.29) is 11.8 Å². The number of benzene rings is 1. The average molecular weight is 440 g/mol. The molecule has 2 saturated heterocycles. The zero-order valence-corrected chi connectivity index (χ0v) is 18.0. The van der Waals surface area contributed by atoms with Crippen molar-refractivity contribution in [1.29, 1.82) is 0 Å². The molecule has 1 saturated carbocycles. The van der Waals surface area contributed by atoms with E-state index in [9.17, 15) is 18.0 Å². The third kappa shape index (κ3) is 5.34. The second-order valence-electron chi connectivity index (χ2n) is 9.18. The van der Waals surface area contributed by atoms with E-state index in [1.165, 1.54) is 12.1 Å². The molecular formula is C23H32F3N3O2. The molecule has 172 valence electrons. The van der Waals surface area contributed by atoms with E-state index >= 15 is 0 Å². The van der Waals surface area contributed by atoms with Gasteiger partial charge in [-0.25, -0.2) is 0 Å². The molecule has 4 atom stereocenters. The molecule has 1 aliphatic carbocycles. The largest absolute Gasteiger partial charge is 0.416 e. The van der Waals surface area contributed by atoms with Crippen molar-refractivity contribution in [3.8, 4) is 0 Å². The summed E-state index contributed by atoms with van der Waals surface area (Å²) < 4.78 is 44.5. The van der Waals surface area contributed by atoms with Gasteiger partial charge in [0.1, 0.15) is 0 Å². The third-order valence-electron chi connectivity index (χ3n) is 7.00. The lowest BCUT2D eigenvalue weighted by atomic mass is 9.96. The van der Waals surface area contributed by atoms with Crippen LogP contribution in [0.3, 0.4) is 0 Å². The van der Waals surface area contributed by atoms with Crippen molar-refractivity contribution < 1.29 is 22.7 Å². The number of nitrogens with one attached hydrogen (secondary N) is 1. The highest BCUT2D eigenvalue weighted by atomic mass is 19.4. The fraction of sp³-hybridized carbons (Fsp3) is 0.696. The first kappa shape index (κ1) is 22.4. The molecule has 3 aliphatic rings. The predicted octanol–water partition coefficient (Wildman–Crippen LogP) is 3.54. The van der Waals surface area contributed by atoms with Crippen LogP contribution in [-0.2, 0) is 15.7 Å². The Morgan fingerprint density at radius 3 is 2.61 bits per heavy atom. The number of nitrogens with zero attached hydrogens (tertiary/aromatic N) is 2. The maximum atomic E-state index is 13.0. The molecule has 3 fully saturated rings. The van der Waals surface area contributed by atoms with Crippen molar-refractivity contribution in [2.75, 3.05) is 44.3 Å². The number of ether oxygens (including phenoxy) is 1. The number of rotatable bonds is 4. The van der Waals surface area contributed by atoms with Crippen LogP contribution in [0.25, 0.3) is 0 Å². The summed E-state index contributed by atoms with van der Waals surface area (Å²) in [5, 5.41) is 3.75. The summed E-state index contributed by atoms with van der Waals surface area (Å²) in [6.07, 6.45) is -0.527. The van der Waals surface area contributed by atoms with Gasteiger partial charge in [-0.3, -0.25) is 4.79 Å². The number of amides is 1.